The van der Waals surface area contributed by atoms with Crippen LogP contribution in [-0.2, 0) is 16.4 Å². The van der Waals surface area contributed by atoms with Crippen LogP contribution >= 0.6 is 24.0 Å². The van der Waals surface area contributed by atoms with Gasteiger partial charge in [0.2, 0.25) is 0 Å². The molecule has 0 spiro atoms. The van der Waals surface area contributed by atoms with E-state index < -0.39 is 9.84 Å². The fourth-order valence-electron chi connectivity index (χ4n) is 2.32. The van der Waals surface area contributed by atoms with E-state index in [1.165, 1.54) is 12.1 Å². The lowest BCUT2D eigenvalue weighted by Gasteiger charge is -2.11. The molecule has 2 aromatic rings. The quantitative estimate of drug-likeness (QED) is 0.250. The van der Waals surface area contributed by atoms with Crippen molar-refractivity contribution in [3.63, 3.8) is 0 Å². The van der Waals surface area contributed by atoms with Crippen LogP contribution in [0.5, 0.6) is 0 Å². The lowest BCUT2D eigenvalue weighted by Crippen LogP contribution is -2.38. The first-order valence-electron chi connectivity index (χ1n) is 8.55. The van der Waals surface area contributed by atoms with E-state index >= 15 is 0 Å². The van der Waals surface area contributed by atoms with Crippen LogP contribution in [0, 0.1) is 5.82 Å². The molecule has 0 bridgehead atoms. The summed E-state index contributed by atoms with van der Waals surface area (Å²) >= 11 is 0. The van der Waals surface area contributed by atoms with Gasteiger partial charge in [0.25, 0.3) is 0 Å². The fraction of sp³-hybridized carbons (Fsp3) is 0.316. The summed E-state index contributed by atoms with van der Waals surface area (Å²) in [5.41, 5.74) is 0.898. The molecular weight excluding hydrogens is 480 g/mol. The predicted octanol–water partition coefficient (Wildman–Crippen LogP) is 3.36. The third kappa shape index (κ3) is 8.25. The van der Waals surface area contributed by atoms with Gasteiger partial charge in [0, 0.05) is 13.1 Å². The van der Waals surface area contributed by atoms with Gasteiger partial charge >= 0.3 is 0 Å². The Morgan fingerprint density at radius 2 is 1.70 bits per heavy atom. The number of hydrogen-bond acceptors (Lipinski definition) is 3. The number of sulfone groups is 1. The number of benzene rings is 2. The Hall–Kier alpha value is -1.68. The third-order valence-electron chi connectivity index (χ3n) is 3.66. The molecule has 2 N–H and O–H groups in total. The van der Waals surface area contributed by atoms with Crippen LogP contribution < -0.4 is 10.6 Å². The number of nitrogens with zero attached hydrogens (tertiary/aromatic N) is 1. The number of guanidine groups is 1. The second-order valence-electron chi connectivity index (χ2n) is 5.73. The van der Waals surface area contributed by atoms with Crippen LogP contribution in [0.4, 0.5) is 4.39 Å². The number of nitrogens with one attached hydrogen (secondary N) is 2. The molecular formula is C19H25FIN3O2S. The van der Waals surface area contributed by atoms with Gasteiger partial charge in [-0.05, 0) is 43.2 Å². The fourth-order valence-corrected chi connectivity index (χ4v) is 3.65. The Morgan fingerprint density at radius 1 is 1.04 bits per heavy atom. The Labute approximate surface area is 177 Å². The number of aliphatic imine (C=N–C) groups is 1. The maximum Gasteiger partial charge on any atom is 0.191 e. The summed E-state index contributed by atoms with van der Waals surface area (Å²) in [6.07, 6.45) is 0.470. The number of hydrogen-bond donors (Lipinski definition) is 2. The van der Waals surface area contributed by atoms with Gasteiger partial charge < -0.3 is 10.6 Å². The highest BCUT2D eigenvalue weighted by Crippen LogP contribution is 2.10. The van der Waals surface area contributed by atoms with E-state index in [1.54, 1.807) is 42.5 Å². The summed E-state index contributed by atoms with van der Waals surface area (Å²) in [5.74, 6) is 0.401. The second kappa shape index (κ2) is 11.9. The Balaban J connectivity index is 0.00000364. The SMILES string of the molecule is CCNC(=NCc1ccc(F)cc1)NCCCS(=O)(=O)c1ccccc1.I. The van der Waals surface area contributed by atoms with Gasteiger partial charge in [-0.3, -0.25) is 0 Å². The van der Waals surface area contributed by atoms with Crippen molar-refractivity contribution in [2.45, 2.75) is 24.8 Å². The van der Waals surface area contributed by atoms with Crippen LogP contribution in [0.25, 0.3) is 0 Å². The highest BCUT2D eigenvalue weighted by molar-refractivity contribution is 14.0. The Bertz CT molecular complexity index is 813. The second-order valence-corrected chi connectivity index (χ2v) is 7.84. The predicted molar refractivity (Wildman–Crippen MR) is 118 cm³/mol. The van der Waals surface area contributed by atoms with E-state index in [-0.39, 0.29) is 35.5 Å². The third-order valence-corrected chi connectivity index (χ3v) is 5.48. The van der Waals surface area contributed by atoms with E-state index in [2.05, 4.69) is 15.6 Å². The molecule has 0 fully saturated rings. The van der Waals surface area contributed by atoms with E-state index in [0.717, 1.165) is 5.56 Å². The van der Waals surface area contributed by atoms with Crippen molar-refractivity contribution >= 4 is 39.8 Å². The Morgan fingerprint density at radius 3 is 2.33 bits per heavy atom. The first kappa shape index (κ1) is 23.4. The monoisotopic (exact) mass is 505 g/mol. The zero-order valence-corrected chi connectivity index (χ0v) is 18.3. The van der Waals surface area contributed by atoms with Crippen molar-refractivity contribution in [3.05, 3.63) is 66.0 Å². The molecule has 0 heterocycles. The molecule has 27 heavy (non-hydrogen) atoms. The molecule has 0 radical (unpaired) electrons. The summed E-state index contributed by atoms with van der Waals surface area (Å²) in [4.78, 5) is 4.77. The van der Waals surface area contributed by atoms with Gasteiger partial charge in [0.15, 0.2) is 15.8 Å². The van der Waals surface area contributed by atoms with Crippen molar-refractivity contribution in [2.75, 3.05) is 18.8 Å². The molecule has 0 aliphatic heterocycles. The molecule has 2 rings (SSSR count). The average Bonchev–Trinajstić information content (AvgIpc) is 2.65. The van der Waals surface area contributed by atoms with Crippen molar-refractivity contribution in [3.8, 4) is 0 Å². The maximum atomic E-state index is 12.9. The van der Waals surface area contributed by atoms with Crippen LogP contribution in [0.3, 0.4) is 0 Å². The van der Waals surface area contributed by atoms with Gasteiger partial charge in [-0.15, -0.1) is 24.0 Å². The minimum Gasteiger partial charge on any atom is -0.357 e. The summed E-state index contributed by atoms with van der Waals surface area (Å²) in [7, 11) is -3.27. The molecule has 148 valence electrons. The standard InChI is InChI=1S/C19H24FN3O2S.HI/c1-2-21-19(23-15-16-9-11-17(20)12-10-16)22-13-6-14-26(24,25)18-7-4-3-5-8-18;/h3-5,7-12H,2,6,13-15H2,1H3,(H2,21,22,23);1H. The van der Waals surface area contributed by atoms with Crippen LogP contribution in [0.1, 0.15) is 18.9 Å². The molecule has 8 heteroatoms. The smallest absolute Gasteiger partial charge is 0.191 e. The van der Waals surface area contributed by atoms with E-state index in [0.29, 0.717) is 36.9 Å². The topological polar surface area (TPSA) is 70.6 Å². The largest absolute Gasteiger partial charge is 0.357 e. The molecule has 0 atom stereocenters. The molecule has 0 aliphatic carbocycles. The summed E-state index contributed by atoms with van der Waals surface area (Å²) in [5, 5.41) is 6.24. The zero-order chi connectivity index (χ0) is 18.8. The minimum atomic E-state index is -3.27. The van der Waals surface area contributed by atoms with Crippen molar-refractivity contribution < 1.29 is 12.8 Å². The maximum absolute atomic E-state index is 12.9. The van der Waals surface area contributed by atoms with Gasteiger partial charge in [0.05, 0.1) is 17.2 Å². The molecule has 0 saturated carbocycles. The molecule has 2 aromatic carbocycles. The van der Waals surface area contributed by atoms with Crippen LogP contribution in [-0.4, -0.2) is 33.2 Å². The van der Waals surface area contributed by atoms with Crippen molar-refractivity contribution in [1.82, 2.24) is 10.6 Å². The number of halogens is 2. The molecule has 5 nitrogen and oxygen atoms in total. The Kier molecular flexibility index (Phi) is 10.3. The molecule has 0 unspecified atom stereocenters. The zero-order valence-electron chi connectivity index (χ0n) is 15.2. The van der Waals surface area contributed by atoms with Gasteiger partial charge in [-0.1, -0.05) is 30.3 Å². The lowest BCUT2D eigenvalue weighted by atomic mass is 10.2. The highest BCUT2D eigenvalue weighted by Gasteiger charge is 2.13. The first-order chi connectivity index (χ1) is 12.5. The van der Waals surface area contributed by atoms with Crippen LogP contribution in [0.2, 0.25) is 0 Å². The van der Waals surface area contributed by atoms with Crippen molar-refractivity contribution in [1.29, 1.82) is 0 Å². The normalized spacial score (nSPS) is 11.6. The van der Waals surface area contributed by atoms with Gasteiger partial charge in [0.1, 0.15) is 5.82 Å². The molecule has 0 aliphatic rings. The summed E-state index contributed by atoms with van der Waals surface area (Å²) in [6.45, 7) is 3.55. The average molecular weight is 505 g/mol. The highest BCUT2D eigenvalue weighted by atomic mass is 127. The lowest BCUT2D eigenvalue weighted by molar-refractivity contribution is 0.592. The van der Waals surface area contributed by atoms with Gasteiger partial charge in [-0.2, -0.15) is 0 Å². The van der Waals surface area contributed by atoms with E-state index in [1.807, 2.05) is 6.92 Å². The van der Waals surface area contributed by atoms with Crippen molar-refractivity contribution in [2.24, 2.45) is 4.99 Å². The van der Waals surface area contributed by atoms with Gasteiger partial charge in [-0.25, -0.2) is 17.8 Å². The van der Waals surface area contributed by atoms with E-state index in [9.17, 15) is 12.8 Å². The summed E-state index contributed by atoms with van der Waals surface area (Å²) in [6, 6.07) is 14.6. The molecule has 0 saturated heterocycles. The molecule has 0 aromatic heterocycles. The van der Waals surface area contributed by atoms with Crippen LogP contribution in [0.15, 0.2) is 64.5 Å². The number of rotatable bonds is 8. The van der Waals surface area contributed by atoms with E-state index in [4.69, 9.17) is 0 Å². The first-order valence-corrected chi connectivity index (χ1v) is 10.2. The molecule has 0 amide bonds. The summed E-state index contributed by atoms with van der Waals surface area (Å²) < 4.78 is 37.4. The minimum absolute atomic E-state index is 0.